The van der Waals surface area contributed by atoms with Crippen LogP contribution in [0, 0.1) is 12.7 Å². The van der Waals surface area contributed by atoms with E-state index in [9.17, 15) is 21.2 Å². The summed E-state index contributed by atoms with van der Waals surface area (Å²) in [5.74, 6) is -0.129. The molecule has 9 heteroatoms. The van der Waals surface area contributed by atoms with E-state index in [0.29, 0.717) is 11.4 Å². The number of nitrogens with zero attached hydrogens (tertiary/aromatic N) is 1. The maximum absolute atomic E-state index is 13.0. The summed E-state index contributed by atoms with van der Waals surface area (Å²) >= 11 is 0. The molecule has 0 saturated heterocycles. The third-order valence-corrected chi connectivity index (χ3v) is 8.49. The average Bonchev–Trinajstić information content (AvgIpc) is 2.77. The predicted octanol–water partition coefficient (Wildman–Crippen LogP) is 4.20. The van der Waals surface area contributed by atoms with Crippen LogP contribution in [-0.2, 0) is 19.9 Å². The van der Waals surface area contributed by atoms with E-state index in [1.54, 1.807) is 48.5 Å². The Bertz CT molecular complexity index is 1260. The van der Waals surface area contributed by atoms with Gasteiger partial charge in [-0.1, -0.05) is 17.7 Å². The van der Waals surface area contributed by atoms with Crippen LogP contribution in [0.15, 0.2) is 82.6 Å². The van der Waals surface area contributed by atoms with Crippen LogP contribution in [0.2, 0.25) is 0 Å². The van der Waals surface area contributed by atoms with Gasteiger partial charge in [0.2, 0.25) is 0 Å². The van der Waals surface area contributed by atoms with E-state index in [0.717, 1.165) is 17.7 Å². The molecule has 0 unspecified atom stereocenters. The van der Waals surface area contributed by atoms with Gasteiger partial charge in [-0.15, -0.1) is 0 Å². The minimum Gasteiger partial charge on any atom is -0.494 e. The molecule has 0 amide bonds. The first-order valence-electron chi connectivity index (χ1n) is 9.86. The zero-order valence-corrected chi connectivity index (χ0v) is 19.4. The minimum atomic E-state index is -3.69. The Balaban J connectivity index is 1.56. The first-order valence-corrected chi connectivity index (χ1v) is 13.0. The number of rotatable bonds is 9. The molecule has 0 heterocycles. The lowest BCUT2D eigenvalue weighted by atomic mass is 10.2. The summed E-state index contributed by atoms with van der Waals surface area (Å²) in [6.45, 7) is 2.05. The van der Waals surface area contributed by atoms with Gasteiger partial charge >= 0.3 is 0 Å². The number of anilines is 1. The van der Waals surface area contributed by atoms with Gasteiger partial charge in [-0.2, -0.15) is 0 Å². The molecule has 3 aromatic carbocycles. The highest BCUT2D eigenvalue weighted by Gasteiger charge is 2.21. The lowest BCUT2D eigenvalue weighted by Gasteiger charge is -2.20. The van der Waals surface area contributed by atoms with Gasteiger partial charge in [0, 0.05) is 7.05 Å². The van der Waals surface area contributed by atoms with Crippen molar-refractivity contribution in [2.75, 3.05) is 23.7 Å². The summed E-state index contributed by atoms with van der Waals surface area (Å²) in [7, 11) is -5.72. The zero-order chi connectivity index (χ0) is 23.4. The largest absolute Gasteiger partial charge is 0.494 e. The van der Waals surface area contributed by atoms with Crippen molar-refractivity contribution in [3.63, 3.8) is 0 Å². The van der Waals surface area contributed by atoms with E-state index in [-0.39, 0.29) is 28.6 Å². The summed E-state index contributed by atoms with van der Waals surface area (Å²) in [6, 6.07) is 17.8. The van der Waals surface area contributed by atoms with Gasteiger partial charge in [-0.25, -0.2) is 21.2 Å². The fraction of sp³-hybridized carbons (Fsp3) is 0.217. The minimum absolute atomic E-state index is 0.0704. The van der Waals surface area contributed by atoms with Crippen molar-refractivity contribution in [1.29, 1.82) is 0 Å². The highest BCUT2D eigenvalue weighted by Crippen LogP contribution is 2.24. The Morgan fingerprint density at radius 3 is 1.97 bits per heavy atom. The van der Waals surface area contributed by atoms with Crippen molar-refractivity contribution in [2.45, 2.75) is 23.1 Å². The van der Waals surface area contributed by atoms with Crippen molar-refractivity contribution in [3.05, 3.63) is 84.2 Å². The monoisotopic (exact) mass is 477 g/mol. The van der Waals surface area contributed by atoms with Crippen molar-refractivity contribution < 1.29 is 26.0 Å². The summed E-state index contributed by atoms with van der Waals surface area (Å²) in [5, 5.41) is 0. The van der Waals surface area contributed by atoms with Crippen molar-refractivity contribution in [3.8, 4) is 5.75 Å². The molecule has 170 valence electrons. The Labute approximate surface area is 188 Å². The van der Waals surface area contributed by atoms with Gasteiger partial charge in [0.1, 0.15) is 11.6 Å². The van der Waals surface area contributed by atoms with Crippen molar-refractivity contribution in [2.24, 2.45) is 0 Å². The summed E-state index contributed by atoms with van der Waals surface area (Å²) < 4.78 is 69.8. The SMILES string of the molecule is Cc1ccc(S(=O)(=O)N(C)c2ccc(OCCCS(=O)(=O)c3ccc(F)cc3)cc2)cc1. The second-order valence-electron chi connectivity index (χ2n) is 7.25. The molecular formula is C23H24FNO5S2. The van der Waals surface area contributed by atoms with Gasteiger partial charge in [-0.05, 0) is 74.0 Å². The summed E-state index contributed by atoms with van der Waals surface area (Å²) in [6.07, 6.45) is 0.253. The van der Waals surface area contributed by atoms with Crippen LogP contribution in [0.5, 0.6) is 5.75 Å². The molecule has 0 aliphatic rings. The molecule has 0 radical (unpaired) electrons. The van der Waals surface area contributed by atoms with E-state index >= 15 is 0 Å². The Morgan fingerprint density at radius 1 is 0.812 bits per heavy atom. The first-order chi connectivity index (χ1) is 15.1. The second kappa shape index (κ2) is 9.70. The molecule has 0 fully saturated rings. The average molecular weight is 478 g/mol. The van der Waals surface area contributed by atoms with Crippen LogP contribution in [-0.4, -0.2) is 36.2 Å². The van der Waals surface area contributed by atoms with Crippen LogP contribution in [0.1, 0.15) is 12.0 Å². The smallest absolute Gasteiger partial charge is 0.264 e. The van der Waals surface area contributed by atoms with Gasteiger partial charge in [0.05, 0.1) is 27.8 Å². The molecule has 3 aromatic rings. The Hall–Kier alpha value is -2.91. The number of hydrogen-bond donors (Lipinski definition) is 0. The molecule has 0 aliphatic heterocycles. The molecule has 0 bridgehead atoms. The van der Waals surface area contributed by atoms with Gasteiger partial charge in [-0.3, -0.25) is 4.31 Å². The second-order valence-corrected chi connectivity index (χ2v) is 11.3. The van der Waals surface area contributed by atoms with Crippen molar-refractivity contribution in [1.82, 2.24) is 0 Å². The third kappa shape index (κ3) is 5.66. The first kappa shape index (κ1) is 23.7. The summed E-state index contributed by atoms with van der Waals surface area (Å²) in [5.41, 5.74) is 1.44. The van der Waals surface area contributed by atoms with Crippen LogP contribution < -0.4 is 9.04 Å². The molecule has 0 aromatic heterocycles. The van der Waals surface area contributed by atoms with Crippen molar-refractivity contribution >= 4 is 25.5 Å². The number of ether oxygens (including phenoxy) is 1. The maximum Gasteiger partial charge on any atom is 0.264 e. The normalized spacial score (nSPS) is 11.8. The molecule has 32 heavy (non-hydrogen) atoms. The maximum atomic E-state index is 13.0. The zero-order valence-electron chi connectivity index (χ0n) is 17.7. The highest BCUT2D eigenvalue weighted by molar-refractivity contribution is 7.92. The molecule has 0 N–H and O–H groups in total. The number of sulfonamides is 1. The van der Waals surface area contributed by atoms with Gasteiger partial charge < -0.3 is 4.74 Å². The van der Waals surface area contributed by atoms with E-state index in [1.807, 2.05) is 6.92 Å². The fourth-order valence-corrected chi connectivity index (χ4v) is 5.44. The number of sulfone groups is 1. The van der Waals surface area contributed by atoms with Crippen LogP contribution in [0.4, 0.5) is 10.1 Å². The fourth-order valence-electron chi connectivity index (χ4n) is 2.96. The molecule has 3 rings (SSSR count). The molecule has 0 atom stereocenters. The number of hydrogen-bond acceptors (Lipinski definition) is 5. The van der Waals surface area contributed by atoms with E-state index in [1.165, 1.54) is 23.5 Å². The van der Waals surface area contributed by atoms with E-state index < -0.39 is 25.7 Å². The molecular weight excluding hydrogens is 453 g/mol. The van der Waals surface area contributed by atoms with Gasteiger partial charge in [0.15, 0.2) is 9.84 Å². The summed E-state index contributed by atoms with van der Waals surface area (Å²) in [4.78, 5) is 0.273. The molecule has 0 saturated carbocycles. The molecule has 0 spiro atoms. The number of halogens is 1. The highest BCUT2D eigenvalue weighted by atomic mass is 32.2. The number of aryl methyl sites for hydroxylation is 1. The lowest BCUT2D eigenvalue weighted by Crippen LogP contribution is -2.26. The predicted molar refractivity (Wildman–Crippen MR) is 122 cm³/mol. The quantitative estimate of drug-likeness (QED) is 0.341. The van der Waals surface area contributed by atoms with E-state index in [4.69, 9.17) is 4.74 Å². The van der Waals surface area contributed by atoms with Gasteiger partial charge in [0.25, 0.3) is 10.0 Å². The third-order valence-electron chi connectivity index (χ3n) is 4.88. The molecule has 6 nitrogen and oxygen atoms in total. The Kier molecular flexibility index (Phi) is 7.20. The topological polar surface area (TPSA) is 80.8 Å². The van der Waals surface area contributed by atoms with E-state index in [2.05, 4.69) is 0 Å². The molecule has 0 aliphatic carbocycles. The van der Waals surface area contributed by atoms with Crippen LogP contribution in [0.3, 0.4) is 0 Å². The Morgan fingerprint density at radius 2 is 1.38 bits per heavy atom. The standard InChI is InChI=1S/C23H24FNO5S2/c1-18-4-12-23(13-5-18)32(28,29)25(2)20-8-10-21(11-9-20)30-16-3-17-31(26,27)22-14-6-19(24)7-15-22/h4-15H,3,16-17H2,1-2H3. The van der Waals surface area contributed by atoms with Crippen LogP contribution >= 0.6 is 0 Å². The number of benzene rings is 3. The lowest BCUT2D eigenvalue weighted by molar-refractivity contribution is 0.317. The van der Waals surface area contributed by atoms with Crippen LogP contribution in [0.25, 0.3) is 0 Å².